The summed E-state index contributed by atoms with van der Waals surface area (Å²) in [6.45, 7) is 7.40. The van der Waals surface area contributed by atoms with Gasteiger partial charge in [-0.15, -0.1) is 5.10 Å². The number of hydrogen-bond donors (Lipinski definition) is 0. The molecule has 0 aliphatic carbocycles. The van der Waals surface area contributed by atoms with Crippen molar-refractivity contribution in [3.05, 3.63) is 10.0 Å². The Morgan fingerprint density at radius 2 is 2.07 bits per heavy atom. The summed E-state index contributed by atoms with van der Waals surface area (Å²) in [5.74, 6) is 0.630. The molecule has 5 heteroatoms. The molecule has 0 aliphatic rings. The average molecular weight is 234 g/mol. The van der Waals surface area contributed by atoms with Gasteiger partial charge in [0.05, 0.1) is 0 Å². The van der Waals surface area contributed by atoms with E-state index in [-0.39, 0.29) is 0 Å². The molecule has 0 aromatic carbocycles. The van der Waals surface area contributed by atoms with Crippen molar-refractivity contribution >= 4 is 23.1 Å². The van der Waals surface area contributed by atoms with Crippen LogP contribution in [0.5, 0.6) is 0 Å². The molecule has 1 atom stereocenters. The molecule has 1 aromatic rings. The van der Waals surface area contributed by atoms with Gasteiger partial charge in [-0.3, -0.25) is 4.90 Å². The second-order valence-corrected chi connectivity index (χ2v) is 5.25. The zero-order chi connectivity index (χ0) is 10.7. The van der Waals surface area contributed by atoms with Gasteiger partial charge in [0.25, 0.3) is 0 Å². The molecule has 0 aliphatic heterocycles. The van der Waals surface area contributed by atoms with Crippen LogP contribution in [0.2, 0.25) is 4.34 Å². The van der Waals surface area contributed by atoms with Crippen molar-refractivity contribution in [2.75, 3.05) is 7.05 Å². The fourth-order valence-electron chi connectivity index (χ4n) is 1.18. The molecular weight excluding hydrogens is 218 g/mol. The third-order valence-electron chi connectivity index (χ3n) is 2.57. The Labute approximate surface area is 94.2 Å². The van der Waals surface area contributed by atoms with Crippen molar-refractivity contribution in [3.8, 4) is 0 Å². The molecule has 0 amide bonds. The second-order valence-electron chi connectivity index (χ2n) is 3.89. The largest absolute Gasteiger partial charge is 0.297 e. The molecule has 0 saturated heterocycles. The van der Waals surface area contributed by atoms with Crippen LogP contribution in [-0.4, -0.2) is 27.6 Å². The van der Waals surface area contributed by atoms with Crippen molar-refractivity contribution in [2.24, 2.45) is 5.92 Å². The van der Waals surface area contributed by atoms with E-state index in [0.717, 1.165) is 12.2 Å². The maximum Gasteiger partial charge on any atom is 0.138 e. The Hall–Kier alpha value is -0.190. The van der Waals surface area contributed by atoms with Crippen molar-refractivity contribution in [2.45, 2.75) is 33.4 Å². The summed E-state index contributed by atoms with van der Waals surface area (Å²) in [5, 5.41) is 3.99. The standard InChI is InChI=1S/C9H16ClN3S/c1-6(2)7(3)13(4)5-8-9(10)14-12-11-8/h6-7H,5H2,1-4H3. The van der Waals surface area contributed by atoms with Gasteiger partial charge in [0, 0.05) is 24.1 Å². The fourth-order valence-corrected chi connectivity index (χ4v) is 1.79. The Bertz CT molecular complexity index is 287. The van der Waals surface area contributed by atoms with Crippen LogP contribution in [0.1, 0.15) is 26.5 Å². The molecule has 0 fully saturated rings. The molecule has 1 aromatic heterocycles. The van der Waals surface area contributed by atoms with Crippen LogP contribution in [0, 0.1) is 5.92 Å². The molecule has 1 heterocycles. The van der Waals surface area contributed by atoms with E-state index in [1.54, 1.807) is 0 Å². The Morgan fingerprint density at radius 1 is 1.43 bits per heavy atom. The minimum atomic E-state index is 0.521. The number of nitrogens with zero attached hydrogens (tertiary/aromatic N) is 3. The van der Waals surface area contributed by atoms with Gasteiger partial charge >= 0.3 is 0 Å². The molecule has 1 rings (SSSR count). The van der Waals surface area contributed by atoms with Crippen LogP contribution in [0.25, 0.3) is 0 Å². The highest BCUT2D eigenvalue weighted by atomic mass is 35.5. The summed E-state index contributed by atoms with van der Waals surface area (Å²) in [6.07, 6.45) is 0. The third-order valence-corrected chi connectivity index (χ3v) is 3.55. The predicted molar refractivity (Wildman–Crippen MR) is 60.7 cm³/mol. The molecule has 1 unspecified atom stereocenters. The van der Waals surface area contributed by atoms with Crippen LogP contribution < -0.4 is 0 Å². The monoisotopic (exact) mass is 233 g/mol. The minimum absolute atomic E-state index is 0.521. The van der Waals surface area contributed by atoms with E-state index in [1.807, 2.05) is 0 Å². The molecule has 0 N–H and O–H groups in total. The summed E-state index contributed by atoms with van der Waals surface area (Å²) < 4.78 is 4.51. The summed E-state index contributed by atoms with van der Waals surface area (Å²) in [4.78, 5) is 2.24. The Kier molecular flexibility index (Phi) is 4.29. The smallest absolute Gasteiger partial charge is 0.138 e. The van der Waals surface area contributed by atoms with Gasteiger partial charge in [-0.25, -0.2) is 0 Å². The molecule has 80 valence electrons. The van der Waals surface area contributed by atoms with E-state index in [2.05, 4.69) is 42.3 Å². The third kappa shape index (κ3) is 2.90. The minimum Gasteiger partial charge on any atom is -0.297 e. The van der Waals surface area contributed by atoms with E-state index in [1.165, 1.54) is 11.5 Å². The molecule has 14 heavy (non-hydrogen) atoms. The maximum absolute atomic E-state index is 5.93. The van der Waals surface area contributed by atoms with E-state index < -0.39 is 0 Å². The first-order chi connectivity index (χ1) is 6.52. The van der Waals surface area contributed by atoms with E-state index in [4.69, 9.17) is 11.6 Å². The fraction of sp³-hybridized carbons (Fsp3) is 0.778. The first-order valence-electron chi connectivity index (χ1n) is 4.69. The van der Waals surface area contributed by atoms with Crippen molar-refractivity contribution < 1.29 is 0 Å². The van der Waals surface area contributed by atoms with E-state index in [9.17, 15) is 0 Å². The van der Waals surface area contributed by atoms with Crippen LogP contribution in [0.4, 0.5) is 0 Å². The summed E-state index contributed by atoms with van der Waals surface area (Å²) in [5.41, 5.74) is 0.881. The van der Waals surface area contributed by atoms with Gasteiger partial charge in [0.15, 0.2) is 0 Å². The topological polar surface area (TPSA) is 29.0 Å². The zero-order valence-electron chi connectivity index (χ0n) is 8.99. The lowest BCUT2D eigenvalue weighted by atomic mass is 10.1. The van der Waals surface area contributed by atoms with E-state index >= 15 is 0 Å². The maximum atomic E-state index is 5.93. The molecule has 0 saturated carbocycles. The van der Waals surface area contributed by atoms with Gasteiger partial charge in [0.1, 0.15) is 10.0 Å². The zero-order valence-corrected chi connectivity index (χ0v) is 10.6. The van der Waals surface area contributed by atoms with Gasteiger partial charge in [0.2, 0.25) is 0 Å². The van der Waals surface area contributed by atoms with Gasteiger partial charge < -0.3 is 0 Å². The van der Waals surface area contributed by atoms with Crippen molar-refractivity contribution in [1.82, 2.24) is 14.5 Å². The van der Waals surface area contributed by atoms with Crippen LogP contribution in [-0.2, 0) is 6.54 Å². The normalized spacial score (nSPS) is 13.9. The van der Waals surface area contributed by atoms with Gasteiger partial charge in [-0.05, 0) is 19.9 Å². The lowest BCUT2D eigenvalue weighted by Gasteiger charge is -2.26. The predicted octanol–water partition coefficient (Wildman–Crippen LogP) is 2.67. The number of halogens is 1. The lowest BCUT2D eigenvalue weighted by molar-refractivity contribution is 0.198. The van der Waals surface area contributed by atoms with Crippen molar-refractivity contribution in [1.29, 1.82) is 0 Å². The Morgan fingerprint density at radius 3 is 2.50 bits per heavy atom. The molecule has 0 radical (unpaired) electrons. The summed E-state index contributed by atoms with van der Waals surface area (Å²) >= 11 is 7.18. The number of aromatic nitrogens is 2. The van der Waals surface area contributed by atoms with Crippen LogP contribution >= 0.6 is 23.1 Å². The van der Waals surface area contributed by atoms with Gasteiger partial charge in [-0.2, -0.15) is 0 Å². The highest BCUT2D eigenvalue weighted by Gasteiger charge is 2.16. The van der Waals surface area contributed by atoms with Crippen LogP contribution in [0.3, 0.4) is 0 Å². The van der Waals surface area contributed by atoms with E-state index in [0.29, 0.717) is 16.3 Å². The number of hydrogen-bond acceptors (Lipinski definition) is 4. The molecule has 3 nitrogen and oxygen atoms in total. The number of rotatable bonds is 4. The Balaban J connectivity index is 2.57. The first-order valence-corrected chi connectivity index (χ1v) is 5.84. The summed E-state index contributed by atoms with van der Waals surface area (Å²) in [6, 6.07) is 0.521. The molecular formula is C9H16ClN3S. The lowest BCUT2D eigenvalue weighted by Crippen LogP contribution is -2.32. The SMILES string of the molecule is CC(C)C(C)N(C)Cc1nnsc1Cl. The quantitative estimate of drug-likeness (QED) is 0.801. The molecule has 0 bridgehead atoms. The highest BCUT2D eigenvalue weighted by molar-refractivity contribution is 7.10. The first kappa shape index (κ1) is 11.9. The van der Waals surface area contributed by atoms with Crippen molar-refractivity contribution in [3.63, 3.8) is 0 Å². The molecule has 0 spiro atoms. The van der Waals surface area contributed by atoms with Crippen LogP contribution in [0.15, 0.2) is 0 Å². The highest BCUT2D eigenvalue weighted by Crippen LogP contribution is 2.20. The summed E-state index contributed by atoms with van der Waals surface area (Å²) in [7, 11) is 2.08. The average Bonchev–Trinajstić information content (AvgIpc) is 2.50. The second kappa shape index (κ2) is 5.05. The van der Waals surface area contributed by atoms with Gasteiger partial charge in [-0.1, -0.05) is 29.9 Å².